The first-order valence-corrected chi connectivity index (χ1v) is 7.61. The molecule has 10 heteroatoms. The van der Waals surface area contributed by atoms with Crippen molar-refractivity contribution in [3.63, 3.8) is 0 Å². The Balaban J connectivity index is 2.57. The lowest BCUT2D eigenvalue weighted by atomic mass is 10.3. The fraction of sp³-hybridized carbons (Fsp3) is 0. The van der Waals surface area contributed by atoms with Gasteiger partial charge in [-0.15, -0.1) is 0 Å². The summed E-state index contributed by atoms with van der Waals surface area (Å²) in [4.78, 5) is 13.2. The van der Waals surface area contributed by atoms with Crippen LogP contribution < -0.4 is 4.72 Å². The van der Waals surface area contributed by atoms with Crippen molar-refractivity contribution < 1.29 is 13.3 Å². The molecule has 0 aliphatic heterocycles. The normalized spacial score (nSPS) is 11.1. The fourth-order valence-corrected chi connectivity index (χ4v) is 3.63. The van der Waals surface area contributed by atoms with Crippen molar-refractivity contribution in [2.45, 2.75) is 4.90 Å². The minimum Gasteiger partial charge on any atom is -0.279 e. The Morgan fingerprint density at radius 1 is 1.19 bits per heavy atom. The molecule has 0 fully saturated rings. The van der Waals surface area contributed by atoms with Gasteiger partial charge in [0.1, 0.15) is 0 Å². The first kappa shape index (κ1) is 15.5. The van der Waals surface area contributed by atoms with Crippen molar-refractivity contribution in [1.29, 1.82) is 0 Å². The van der Waals surface area contributed by atoms with Crippen LogP contribution in [0.2, 0.25) is 10.0 Å². The van der Waals surface area contributed by atoms with Crippen LogP contribution >= 0.6 is 23.2 Å². The number of nitro benzene ring substituents is 1. The first-order valence-electron chi connectivity index (χ1n) is 5.37. The Labute approximate surface area is 129 Å². The van der Waals surface area contributed by atoms with Crippen molar-refractivity contribution in [3.05, 3.63) is 56.8 Å². The van der Waals surface area contributed by atoms with Crippen molar-refractivity contribution in [3.8, 4) is 0 Å². The van der Waals surface area contributed by atoms with Crippen LogP contribution in [0.25, 0.3) is 0 Å². The first-order chi connectivity index (χ1) is 9.81. The maximum Gasteiger partial charge on any atom is 0.292 e. The minimum absolute atomic E-state index is 0.0328. The summed E-state index contributed by atoms with van der Waals surface area (Å²) in [6.07, 6.45) is 2.74. The molecule has 2 aromatic rings. The molecule has 110 valence electrons. The van der Waals surface area contributed by atoms with Gasteiger partial charge in [-0.05, 0) is 18.2 Å². The second-order valence-electron chi connectivity index (χ2n) is 3.83. The lowest BCUT2D eigenvalue weighted by Crippen LogP contribution is -2.15. The van der Waals surface area contributed by atoms with E-state index in [1.807, 2.05) is 0 Å². The van der Waals surface area contributed by atoms with Gasteiger partial charge in [-0.25, -0.2) is 8.42 Å². The summed E-state index contributed by atoms with van der Waals surface area (Å²) in [6, 6.07) is 4.84. The number of hydrogen-bond acceptors (Lipinski definition) is 5. The Morgan fingerprint density at radius 3 is 2.38 bits per heavy atom. The summed E-state index contributed by atoms with van der Waals surface area (Å²) in [5.41, 5.74) is -0.501. The van der Waals surface area contributed by atoms with Crippen LogP contribution in [0, 0.1) is 10.1 Å². The topological polar surface area (TPSA) is 102 Å². The number of nitrogens with zero attached hydrogens (tertiary/aromatic N) is 2. The molecule has 1 aromatic heterocycles. The maximum absolute atomic E-state index is 12.3. The minimum atomic E-state index is -4.25. The molecule has 0 unspecified atom stereocenters. The van der Waals surface area contributed by atoms with Gasteiger partial charge in [-0.2, -0.15) is 0 Å². The van der Waals surface area contributed by atoms with E-state index < -0.39 is 25.5 Å². The molecule has 0 saturated carbocycles. The van der Waals surface area contributed by atoms with Crippen molar-refractivity contribution in [2.24, 2.45) is 0 Å². The molecular weight excluding hydrogens is 341 g/mol. The highest BCUT2D eigenvalue weighted by Gasteiger charge is 2.30. The lowest BCUT2D eigenvalue weighted by molar-refractivity contribution is -0.387. The molecular formula is C11H7Cl2N3O4S. The summed E-state index contributed by atoms with van der Waals surface area (Å²) in [6.45, 7) is 0. The van der Waals surface area contributed by atoms with E-state index in [0.29, 0.717) is 0 Å². The molecule has 0 atom stereocenters. The Kier molecular flexibility index (Phi) is 4.31. The van der Waals surface area contributed by atoms with E-state index in [1.165, 1.54) is 24.5 Å². The average Bonchev–Trinajstić information content (AvgIpc) is 2.37. The molecule has 0 aliphatic rings. The van der Waals surface area contributed by atoms with Crippen LogP contribution in [-0.4, -0.2) is 18.3 Å². The third kappa shape index (κ3) is 3.41. The third-order valence-corrected chi connectivity index (χ3v) is 4.49. The highest BCUT2D eigenvalue weighted by molar-refractivity contribution is 7.93. The molecule has 2 rings (SSSR count). The van der Waals surface area contributed by atoms with Crippen LogP contribution in [0.5, 0.6) is 0 Å². The SMILES string of the molecule is O=[N+]([O-])c1cc(Cl)cc(Cl)c1S(=O)(=O)Nc1ccncc1. The van der Waals surface area contributed by atoms with Crippen LogP contribution in [-0.2, 0) is 10.0 Å². The van der Waals surface area contributed by atoms with E-state index in [4.69, 9.17) is 23.2 Å². The predicted molar refractivity (Wildman–Crippen MR) is 78.2 cm³/mol. The van der Waals surface area contributed by atoms with Crippen LogP contribution in [0.1, 0.15) is 0 Å². The van der Waals surface area contributed by atoms with Crippen LogP contribution in [0.3, 0.4) is 0 Å². The van der Waals surface area contributed by atoms with Gasteiger partial charge in [-0.1, -0.05) is 23.2 Å². The second-order valence-corrected chi connectivity index (χ2v) is 6.30. The summed E-state index contributed by atoms with van der Waals surface area (Å²) < 4.78 is 26.8. The quantitative estimate of drug-likeness (QED) is 0.676. The van der Waals surface area contributed by atoms with E-state index in [2.05, 4.69) is 9.71 Å². The fourth-order valence-electron chi connectivity index (χ4n) is 1.57. The number of halogens is 2. The maximum atomic E-state index is 12.3. The van der Waals surface area contributed by atoms with E-state index in [9.17, 15) is 18.5 Å². The number of nitrogens with one attached hydrogen (secondary N) is 1. The van der Waals surface area contributed by atoms with Gasteiger partial charge in [0.05, 0.1) is 15.6 Å². The molecule has 1 heterocycles. The lowest BCUT2D eigenvalue weighted by Gasteiger charge is -2.10. The second kappa shape index (κ2) is 5.84. The zero-order chi connectivity index (χ0) is 15.6. The number of sulfonamides is 1. The number of pyridine rings is 1. The summed E-state index contributed by atoms with van der Waals surface area (Å²) in [7, 11) is -4.25. The summed E-state index contributed by atoms with van der Waals surface area (Å²) in [5.74, 6) is 0. The number of rotatable bonds is 4. The molecule has 0 radical (unpaired) electrons. The van der Waals surface area contributed by atoms with Gasteiger partial charge in [0.15, 0.2) is 4.90 Å². The molecule has 21 heavy (non-hydrogen) atoms. The Morgan fingerprint density at radius 2 is 1.81 bits per heavy atom. The highest BCUT2D eigenvalue weighted by atomic mass is 35.5. The zero-order valence-electron chi connectivity index (χ0n) is 10.2. The van der Waals surface area contributed by atoms with Gasteiger partial charge in [0.25, 0.3) is 15.7 Å². The number of nitro groups is 1. The van der Waals surface area contributed by atoms with E-state index >= 15 is 0 Å². The van der Waals surface area contributed by atoms with Gasteiger partial charge in [-0.3, -0.25) is 19.8 Å². The smallest absolute Gasteiger partial charge is 0.279 e. The van der Waals surface area contributed by atoms with Gasteiger partial charge in [0.2, 0.25) is 0 Å². The van der Waals surface area contributed by atoms with E-state index in [1.54, 1.807) is 0 Å². The van der Waals surface area contributed by atoms with Crippen LogP contribution in [0.4, 0.5) is 11.4 Å². The standard InChI is InChI=1S/C11H7Cl2N3O4S/c12-7-5-9(13)11(10(6-7)16(17)18)21(19,20)15-8-1-3-14-4-2-8/h1-6H,(H,14,15). The number of benzene rings is 1. The Hall–Kier alpha value is -1.90. The largest absolute Gasteiger partial charge is 0.292 e. The molecule has 0 aliphatic carbocycles. The Bertz CT molecular complexity index is 797. The molecule has 0 saturated heterocycles. The van der Waals surface area contributed by atoms with Crippen LogP contribution in [0.15, 0.2) is 41.6 Å². The molecule has 0 amide bonds. The zero-order valence-corrected chi connectivity index (χ0v) is 12.5. The van der Waals surface area contributed by atoms with E-state index in [0.717, 1.165) is 12.1 Å². The van der Waals surface area contributed by atoms with Crippen molar-refractivity contribution >= 4 is 44.6 Å². The predicted octanol–water partition coefficient (Wildman–Crippen LogP) is 3.10. The van der Waals surface area contributed by atoms with Gasteiger partial charge < -0.3 is 0 Å². The third-order valence-electron chi connectivity index (χ3n) is 2.39. The van der Waals surface area contributed by atoms with Crippen molar-refractivity contribution in [1.82, 2.24) is 4.98 Å². The number of hydrogen-bond donors (Lipinski definition) is 1. The van der Waals surface area contributed by atoms with Gasteiger partial charge in [0, 0.05) is 23.5 Å². The van der Waals surface area contributed by atoms with Gasteiger partial charge >= 0.3 is 0 Å². The molecule has 0 bridgehead atoms. The highest BCUT2D eigenvalue weighted by Crippen LogP contribution is 2.35. The summed E-state index contributed by atoms with van der Waals surface area (Å²) in [5, 5.41) is 10.6. The monoisotopic (exact) mass is 347 g/mol. The number of anilines is 1. The molecule has 1 aromatic carbocycles. The number of aromatic nitrogens is 1. The summed E-state index contributed by atoms with van der Waals surface area (Å²) >= 11 is 11.5. The average molecular weight is 348 g/mol. The van der Waals surface area contributed by atoms with E-state index in [-0.39, 0.29) is 15.7 Å². The molecule has 0 spiro atoms. The molecule has 1 N–H and O–H groups in total. The molecule has 7 nitrogen and oxygen atoms in total. The van der Waals surface area contributed by atoms with Crippen molar-refractivity contribution in [2.75, 3.05) is 4.72 Å².